The highest BCUT2D eigenvalue weighted by atomic mass is 31.0. The molecule has 0 spiro atoms. The van der Waals surface area contributed by atoms with Crippen LogP contribution in [0.3, 0.4) is 0 Å². The normalized spacial score (nSPS) is 13.6. The maximum atomic E-state index is 10.2. The molecule has 0 aromatic rings. The summed E-state index contributed by atoms with van der Waals surface area (Å²) in [7, 11) is 2.42. The fourth-order valence-electron chi connectivity index (χ4n) is 0.166. The summed E-state index contributed by atoms with van der Waals surface area (Å²) in [5.74, 6) is 0.0509. The van der Waals surface area contributed by atoms with Gasteiger partial charge in [0.2, 0.25) is 0 Å². The van der Waals surface area contributed by atoms with Crippen molar-refractivity contribution in [2.45, 2.75) is 13.0 Å². The van der Waals surface area contributed by atoms with E-state index in [0.717, 1.165) is 0 Å². The molecule has 0 rings (SSSR count). The van der Waals surface area contributed by atoms with Crippen LogP contribution in [0.15, 0.2) is 0 Å². The summed E-state index contributed by atoms with van der Waals surface area (Å²) in [4.78, 5) is 10.2. The van der Waals surface area contributed by atoms with Crippen molar-refractivity contribution in [2.24, 2.45) is 5.73 Å². The molecule has 0 saturated heterocycles. The number of carbonyl (C=O) groups is 1. The topological polar surface area (TPSA) is 43.1 Å². The largest absolute Gasteiger partial charge is 0.321 e. The third kappa shape index (κ3) is 2.72. The van der Waals surface area contributed by atoms with Crippen molar-refractivity contribution in [1.82, 2.24) is 0 Å². The molecule has 0 heterocycles. The molecule has 2 atom stereocenters. The molecule has 42 valence electrons. The predicted molar refractivity (Wildman–Crippen MR) is 33.2 cm³/mol. The quantitative estimate of drug-likeness (QED) is 0.510. The van der Waals surface area contributed by atoms with E-state index in [0.29, 0.717) is 6.16 Å². The lowest BCUT2D eigenvalue weighted by molar-refractivity contribution is -0.117. The van der Waals surface area contributed by atoms with E-state index in [1.54, 1.807) is 0 Å². The number of rotatable bonds is 2. The van der Waals surface area contributed by atoms with E-state index in [1.165, 1.54) is 6.92 Å². The van der Waals surface area contributed by atoms with Crippen LogP contribution < -0.4 is 5.73 Å². The lowest BCUT2D eigenvalue weighted by atomic mass is 10.3. The number of nitrogens with two attached hydrogens (primary N) is 1. The van der Waals surface area contributed by atoms with E-state index < -0.39 is 0 Å². The van der Waals surface area contributed by atoms with Crippen LogP contribution in [0.5, 0.6) is 0 Å². The molecule has 7 heavy (non-hydrogen) atoms. The zero-order valence-electron chi connectivity index (χ0n) is 4.35. The van der Waals surface area contributed by atoms with Crippen molar-refractivity contribution in [2.75, 3.05) is 6.16 Å². The highest BCUT2D eigenvalue weighted by molar-refractivity contribution is 7.16. The fourth-order valence-corrected chi connectivity index (χ4v) is 0.498. The van der Waals surface area contributed by atoms with Gasteiger partial charge in [-0.05, 0) is 13.1 Å². The van der Waals surface area contributed by atoms with Gasteiger partial charge in [0.05, 0.1) is 6.04 Å². The van der Waals surface area contributed by atoms with Gasteiger partial charge in [0.25, 0.3) is 0 Å². The van der Waals surface area contributed by atoms with Crippen LogP contribution in [0.4, 0.5) is 0 Å². The Labute approximate surface area is 45.7 Å². The predicted octanol–water partition coefficient (Wildman–Crippen LogP) is -0.222. The zero-order valence-corrected chi connectivity index (χ0v) is 5.50. The minimum Gasteiger partial charge on any atom is -0.321 e. The summed E-state index contributed by atoms with van der Waals surface area (Å²) in [5.41, 5.74) is 5.25. The van der Waals surface area contributed by atoms with E-state index in [1.807, 2.05) is 0 Å². The molecule has 0 fully saturated rings. The number of hydrogen-bond donors (Lipinski definition) is 1. The molecule has 0 aliphatic heterocycles. The Morgan fingerprint density at radius 2 is 2.43 bits per heavy atom. The standard InChI is InChI=1S/C4H10NOP/c1-3(6)4(5)2-7/h4H,2,5,7H2,1H3/t4-/m0/s1. The van der Waals surface area contributed by atoms with Crippen molar-refractivity contribution >= 4 is 15.0 Å². The lowest BCUT2D eigenvalue weighted by Gasteiger charge is -1.98. The minimum absolute atomic E-state index is 0.0509. The van der Waals surface area contributed by atoms with Crippen molar-refractivity contribution < 1.29 is 4.79 Å². The Kier molecular flexibility index (Phi) is 3.14. The van der Waals surface area contributed by atoms with E-state index in [9.17, 15) is 4.79 Å². The van der Waals surface area contributed by atoms with Crippen LogP contribution >= 0.6 is 9.24 Å². The van der Waals surface area contributed by atoms with Gasteiger partial charge in [0, 0.05) is 0 Å². The van der Waals surface area contributed by atoms with E-state index >= 15 is 0 Å². The van der Waals surface area contributed by atoms with Gasteiger partial charge in [-0.1, -0.05) is 0 Å². The second-order valence-corrected chi connectivity index (χ2v) is 1.92. The molecule has 0 amide bonds. The van der Waals surface area contributed by atoms with Gasteiger partial charge < -0.3 is 5.73 Å². The summed E-state index contributed by atoms with van der Waals surface area (Å²) in [6, 6.07) is -0.273. The first-order chi connectivity index (χ1) is 3.18. The lowest BCUT2D eigenvalue weighted by Crippen LogP contribution is -2.29. The number of hydrogen-bond acceptors (Lipinski definition) is 2. The first-order valence-electron chi connectivity index (χ1n) is 2.14. The van der Waals surface area contributed by atoms with Crippen LogP contribution in [0.2, 0.25) is 0 Å². The second-order valence-electron chi connectivity index (χ2n) is 1.45. The molecule has 2 N–H and O–H groups in total. The van der Waals surface area contributed by atoms with Crippen LogP contribution in [-0.4, -0.2) is 18.0 Å². The van der Waals surface area contributed by atoms with E-state index in [-0.39, 0.29) is 11.8 Å². The van der Waals surface area contributed by atoms with Crippen molar-refractivity contribution in [3.63, 3.8) is 0 Å². The molecule has 0 saturated carbocycles. The first-order valence-corrected chi connectivity index (χ1v) is 2.96. The summed E-state index contributed by atoms with van der Waals surface area (Å²) in [5, 5.41) is 0. The minimum atomic E-state index is -0.273. The summed E-state index contributed by atoms with van der Waals surface area (Å²) >= 11 is 0. The van der Waals surface area contributed by atoms with Crippen LogP contribution in [-0.2, 0) is 4.79 Å². The molecule has 0 aromatic heterocycles. The molecular formula is C4H10NOP. The van der Waals surface area contributed by atoms with Gasteiger partial charge in [-0.15, -0.1) is 9.24 Å². The molecule has 0 bridgehead atoms. The second kappa shape index (κ2) is 3.11. The molecule has 0 aliphatic carbocycles. The number of carbonyl (C=O) groups excluding carboxylic acids is 1. The average molecular weight is 119 g/mol. The molecule has 0 aromatic carbocycles. The first kappa shape index (κ1) is 7.06. The third-order valence-corrected chi connectivity index (χ3v) is 1.28. The Morgan fingerprint density at radius 3 is 2.43 bits per heavy atom. The molecule has 0 aliphatic rings. The zero-order chi connectivity index (χ0) is 5.86. The van der Waals surface area contributed by atoms with Gasteiger partial charge in [0.1, 0.15) is 5.78 Å². The Morgan fingerprint density at radius 1 is 2.00 bits per heavy atom. The summed E-state index contributed by atoms with van der Waals surface area (Å²) in [6.45, 7) is 1.49. The number of Topliss-reactive ketones (excluding diaryl/α,β-unsaturated/α-hetero) is 1. The van der Waals surface area contributed by atoms with Crippen LogP contribution in [0.25, 0.3) is 0 Å². The number of ketones is 1. The Balaban J connectivity index is 3.34. The van der Waals surface area contributed by atoms with Crippen molar-refractivity contribution in [3.8, 4) is 0 Å². The fraction of sp³-hybridized carbons (Fsp3) is 0.750. The molecule has 0 radical (unpaired) electrons. The van der Waals surface area contributed by atoms with Gasteiger partial charge in [-0.25, -0.2) is 0 Å². The van der Waals surface area contributed by atoms with Crippen LogP contribution in [0, 0.1) is 0 Å². The monoisotopic (exact) mass is 119 g/mol. The van der Waals surface area contributed by atoms with Crippen molar-refractivity contribution in [3.05, 3.63) is 0 Å². The van der Waals surface area contributed by atoms with Gasteiger partial charge in [-0.3, -0.25) is 4.79 Å². The average Bonchev–Trinajstić information content (AvgIpc) is 1.65. The SMILES string of the molecule is CC(=O)[C@@H](N)CP. The maximum absolute atomic E-state index is 10.2. The Bertz CT molecular complexity index is 74.1. The summed E-state index contributed by atoms with van der Waals surface area (Å²) < 4.78 is 0. The van der Waals surface area contributed by atoms with Crippen LogP contribution in [0.1, 0.15) is 6.92 Å². The Hall–Kier alpha value is 0.0600. The highest BCUT2D eigenvalue weighted by Crippen LogP contribution is 1.86. The molecular weight excluding hydrogens is 109 g/mol. The van der Waals surface area contributed by atoms with E-state index in [4.69, 9.17) is 5.73 Å². The summed E-state index contributed by atoms with van der Waals surface area (Å²) in [6.07, 6.45) is 0.662. The van der Waals surface area contributed by atoms with Gasteiger partial charge in [0.15, 0.2) is 0 Å². The molecule has 3 heteroatoms. The molecule has 2 nitrogen and oxygen atoms in total. The van der Waals surface area contributed by atoms with Gasteiger partial charge in [-0.2, -0.15) is 0 Å². The smallest absolute Gasteiger partial charge is 0.146 e. The highest BCUT2D eigenvalue weighted by Gasteiger charge is 2.01. The van der Waals surface area contributed by atoms with E-state index in [2.05, 4.69) is 9.24 Å². The molecule has 1 unspecified atom stereocenters. The van der Waals surface area contributed by atoms with Gasteiger partial charge >= 0.3 is 0 Å². The third-order valence-electron chi connectivity index (χ3n) is 0.776. The van der Waals surface area contributed by atoms with Crippen molar-refractivity contribution in [1.29, 1.82) is 0 Å². The maximum Gasteiger partial charge on any atom is 0.146 e.